The van der Waals surface area contributed by atoms with E-state index in [1.54, 1.807) is 0 Å². The summed E-state index contributed by atoms with van der Waals surface area (Å²) in [4.78, 5) is 18.0. The molecule has 1 aromatic carbocycles. The zero-order valence-corrected chi connectivity index (χ0v) is 11.2. The summed E-state index contributed by atoms with van der Waals surface area (Å²) in [5.74, 6) is 1.02. The topological polar surface area (TPSA) is 71.8 Å². The molecular weight excluding hydrogens is 246 g/mol. The number of nitrogens with one attached hydrogen (secondary N) is 1. The van der Waals surface area contributed by atoms with E-state index in [0.29, 0.717) is 5.16 Å². The van der Waals surface area contributed by atoms with Crippen molar-refractivity contribution in [2.24, 2.45) is 0 Å². The Labute approximate surface area is 110 Å². The predicted octanol–water partition coefficient (Wildman–Crippen LogP) is 2.26. The number of anilines is 1. The lowest BCUT2D eigenvalue weighted by molar-refractivity contribution is 0.944. The molecule has 0 radical (unpaired) electrons. The van der Waals surface area contributed by atoms with Crippen molar-refractivity contribution in [2.45, 2.75) is 24.8 Å². The molecule has 2 rings (SSSR count). The number of hydrogen-bond acceptors (Lipinski definition) is 4. The molecular formula is C13H15N3OS. The second-order valence-corrected chi connectivity index (χ2v) is 5.10. The molecule has 0 unspecified atom stereocenters. The first-order valence-corrected chi connectivity index (χ1v) is 6.59. The molecule has 0 saturated heterocycles. The van der Waals surface area contributed by atoms with Crippen LogP contribution in [0.3, 0.4) is 0 Å². The second-order valence-electron chi connectivity index (χ2n) is 4.13. The molecule has 94 valence electrons. The van der Waals surface area contributed by atoms with Crippen molar-refractivity contribution in [3.05, 3.63) is 51.3 Å². The Balaban J connectivity index is 2.19. The lowest BCUT2D eigenvalue weighted by Crippen LogP contribution is -2.09. The minimum absolute atomic E-state index is 0.216. The van der Waals surface area contributed by atoms with E-state index in [4.69, 9.17) is 5.73 Å². The average Bonchev–Trinajstić information content (AvgIpc) is 2.27. The normalized spacial score (nSPS) is 10.6. The van der Waals surface area contributed by atoms with Gasteiger partial charge in [-0.2, -0.15) is 0 Å². The number of H-pyrrole nitrogens is 1. The van der Waals surface area contributed by atoms with Crippen molar-refractivity contribution in [1.29, 1.82) is 0 Å². The molecule has 0 spiro atoms. The van der Waals surface area contributed by atoms with Crippen LogP contribution >= 0.6 is 11.8 Å². The summed E-state index contributed by atoms with van der Waals surface area (Å²) in [7, 11) is 0. The second kappa shape index (κ2) is 5.27. The predicted molar refractivity (Wildman–Crippen MR) is 74.7 cm³/mol. The van der Waals surface area contributed by atoms with Crippen molar-refractivity contribution in [1.82, 2.24) is 9.97 Å². The summed E-state index contributed by atoms with van der Waals surface area (Å²) in [6, 6.07) is 7.49. The molecule has 0 amide bonds. The van der Waals surface area contributed by atoms with Crippen LogP contribution in [0.1, 0.15) is 16.7 Å². The Morgan fingerprint density at radius 3 is 2.61 bits per heavy atom. The fourth-order valence-electron chi connectivity index (χ4n) is 1.74. The van der Waals surface area contributed by atoms with Gasteiger partial charge in [0.2, 0.25) is 0 Å². The van der Waals surface area contributed by atoms with Gasteiger partial charge in [0.05, 0.1) is 0 Å². The Bertz CT molecular complexity index is 602. The van der Waals surface area contributed by atoms with Gasteiger partial charge in [-0.25, -0.2) is 4.98 Å². The third-order valence-corrected chi connectivity index (χ3v) is 3.64. The molecule has 0 aliphatic rings. The zero-order valence-electron chi connectivity index (χ0n) is 10.4. The molecule has 0 bridgehead atoms. The Morgan fingerprint density at radius 1 is 1.33 bits per heavy atom. The summed E-state index contributed by atoms with van der Waals surface area (Å²) in [6.07, 6.45) is 0. The number of rotatable bonds is 3. The molecule has 5 heteroatoms. The van der Waals surface area contributed by atoms with Gasteiger partial charge in [-0.3, -0.25) is 4.79 Å². The maximum absolute atomic E-state index is 11.3. The summed E-state index contributed by atoms with van der Waals surface area (Å²) in [5, 5.41) is 0.558. The average molecular weight is 261 g/mol. The summed E-state index contributed by atoms with van der Waals surface area (Å²) >= 11 is 1.48. The summed E-state index contributed by atoms with van der Waals surface area (Å²) < 4.78 is 0. The molecule has 3 N–H and O–H groups in total. The molecule has 2 aromatic rings. The van der Waals surface area contributed by atoms with Crippen LogP contribution in [-0.4, -0.2) is 9.97 Å². The van der Waals surface area contributed by atoms with Crippen LogP contribution in [0.5, 0.6) is 0 Å². The van der Waals surface area contributed by atoms with Crippen molar-refractivity contribution >= 4 is 17.6 Å². The van der Waals surface area contributed by atoms with E-state index in [-0.39, 0.29) is 11.4 Å². The van der Waals surface area contributed by atoms with E-state index in [2.05, 4.69) is 35.9 Å². The van der Waals surface area contributed by atoms with Gasteiger partial charge in [0.15, 0.2) is 5.16 Å². The van der Waals surface area contributed by atoms with Gasteiger partial charge in [0, 0.05) is 11.8 Å². The van der Waals surface area contributed by atoms with Gasteiger partial charge >= 0.3 is 0 Å². The van der Waals surface area contributed by atoms with Crippen molar-refractivity contribution < 1.29 is 0 Å². The first-order chi connectivity index (χ1) is 8.56. The van der Waals surface area contributed by atoms with Crippen LogP contribution in [0.25, 0.3) is 0 Å². The van der Waals surface area contributed by atoms with Crippen molar-refractivity contribution in [3.8, 4) is 0 Å². The van der Waals surface area contributed by atoms with E-state index in [0.717, 1.165) is 5.75 Å². The van der Waals surface area contributed by atoms with Gasteiger partial charge in [-0.15, -0.1) is 0 Å². The molecule has 0 aliphatic heterocycles. The highest BCUT2D eigenvalue weighted by atomic mass is 32.2. The van der Waals surface area contributed by atoms with E-state index in [9.17, 15) is 4.79 Å². The molecule has 4 nitrogen and oxygen atoms in total. The van der Waals surface area contributed by atoms with Gasteiger partial charge in [0.25, 0.3) is 5.56 Å². The van der Waals surface area contributed by atoms with E-state index >= 15 is 0 Å². The Hall–Kier alpha value is -1.75. The largest absolute Gasteiger partial charge is 0.383 e. The SMILES string of the molecule is Cc1cccc(C)c1CSc1nc(N)cc(=O)[nH]1. The number of hydrogen-bond donors (Lipinski definition) is 2. The maximum Gasteiger partial charge on any atom is 0.253 e. The van der Waals surface area contributed by atoms with Crippen LogP contribution in [0, 0.1) is 13.8 Å². The fraction of sp³-hybridized carbons (Fsp3) is 0.231. The van der Waals surface area contributed by atoms with Gasteiger partial charge in [0.1, 0.15) is 5.82 Å². The highest BCUT2D eigenvalue weighted by Crippen LogP contribution is 2.23. The van der Waals surface area contributed by atoms with Crippen LogP contribution in [-0.2, 0) is 5.75 Å². The number of benzene rings is 1. The molecule has 0 aliphatic carbocycles. The van der Waals surface area contributed by atoms with Crippen LogP contribution in [0.15, 0.2) is 34.2 Å². The molecule has 1 aromatic heterocycles. The summed E-state index contributed by atoms with van der Waals surface area (Å²) in [6.45, 7) is 4.16. The van der Waals surface area contributed by atoms with Crippen LogP contribution in [0.2, 0.25) is 0 Å². The maximum atomic E-state index is 11.3. The third-order valence-electron chi connectivity index (χ3n) is 2.74. The van der Waals surface area contributed by atoms with Gasteiger partial charge in [-0.05, 0) is 30.5 Å². The van der Waals surface area contributed by atoms with Gasteiger partial charge < -0.3 is 10.7 Å². The molecule has 0 saturated carbocycles. The number of nitrogens with zero attached hydrogens (tertiary/aromatic N) is 1. The zero-order chi connectivity index (χ0) is 13.1. The highest BCUT2D eigenvalue weighted by molar-refractivity contribution is 7.98. The standard InChI is InChI=1S/C13H15N3OS/c1-8-4-3-5-9(2)10(8)7-18-13-15-11(14)6-12(17)16-13/h3-6H,7H2,1-2H3,(H3,14,15,16,17). The van der Waals surface area contributed by atoms with Gasteiger partial charge in [-0.1, -0.05) is 30.0 Å². The van der Waals surface area contributed by atoms with Crippen LogP contribution < -0.4 is 11.3 Å². The number of aryl methyl sites for hydroxylation is 2. The van der Waals surface area contributed by atoms with Crippen molar-refractivity contribution in [2.75, 3.05) is 5.73 Å². The number of nitrogens with two attached hydrogens (primary N) is 1. The molecule has 0 atom stereocenters. The Kier molecular flexibility index (Phi) is 3.72. The van der Waals surface area contributed by atoms with Crippen molar-refractivity contribution in [3.63, 3.8) is 0 Å². The first kappa shape index (κ1) is 12.7. The first-order valence-electron chi connectivity index (χ1n) is 5.61. The minimum atomic E-state index is -0.216. The Morgan fingerprint density at radius 2 is 2.00 bits per heavy atom. The quantitative estimate of drug-likeness (QED) is 0.656. The molecule has 1 heterocycles. The van der Waals surface area contributed by atoms with E-state index in [1.165, 1.54) is 34.5 Å². The highest BCUT2D eigenvalue weighted by Gasteiger charge is 2.05. The number of aromatic nitrogens is 2. The monoisotopic (exact) mass is 261 g/mol. The fourth-order valence-corrected chi connectivity index (χ4v) is 2.82. The minimum Gasteiger partial charge on any atom is -0.383 e. The van der Waals surface area contributed by atoms with Crippen LogP contribution in [0.4, 0.5) is 5.82 Å². The third kappa shape index (κ3) is 2.92. The summed E-state index contributed by atoms with van der Waals surface area (Å²) in [5.41, 5.74) is 9.09. The number of thioether (sulfide) groups is 1. The van der Waals surface area contributed by atoms with E-state index < -0.39 is 0 Å². The number of aromatic amines is 1. The van der Waals surface area contributed by atoms with E-state index in [1.807, 2.05) is 6.07 Å². The smallest absolute Gasteiger partial charge is 0.253 e. The lowest BCUT2D eigenvalue weighted by Gasteiger charge is -2.08. The number of nitrogen functional groups attached to an aromatic ring is 1. The lowest BCUT2D eigenvalue weighted by atomic mass is 10.1. The molecule has 0 fully saturated rings. The molecule has 18 heavy (non-hydrogen) atoms.